The molecule has 3 rings (SSSR count). The summed E-state index contributed by atoms with van der Waals surface area (Å²) in [7, 11) is 0. The topological polar surface area (TPSA) is 87.7 Å². The molecular formula is C18H20N4O2S2. The standard InChI is InChI=1S/C18H20N4O2S2/c1-9-5-6-19-13(7-9)20-16(23)12(4)25-8-14-21-17(24)15-10(2)11(3)26-18(15)22-14/h5-7,12H,8H2,1-4H3,(H,19,20,23)(H,21,22,24). The number of H-pyrrole nitrogens is 1. The van der Waals surface area contributed by atoms with Crippen LogP contribution in [0.5, 0.6) is 0 Å². The van der Waals surface area contributed by atoms with Crippen molar-refractivity contribution >= 4 is 45.0 Å². The van der Waals surface area contributed by atoms with Gasteiger partial charge in [-0.15, -0.1) is 23.1 Å². The molecule has 26 heavy (non-hydrogen) atoms. The molecule has 0 aromatic carbocycles. The number of pyridine rings is 1. The lowest BCUT2D eigenvalue weighted by molar-refractivity contribution is -0.115. The highest BCUT2D eigenvalue weighted by atomic mass is 32.2. The number of rotatable bonds is 5. The predicted molar refractivity (Wildman–Crippen MR) is 108 cm³/mol. The molecule has 0 aliphatic rings. The van der Waals surface area contributed by atoms with Gasteiger partial charge >= 0.3 is 0 Å². The molecule has 0 fully saturated rings. The number of anilines is 1. The molecule has 0 aliphatic carbocycles. The van der Waals surface area contributed by atoms with Gasteiger partial charge in [0.15, 0.2) is 0 Å². The third kappa shape index (κ3) is 3.96. The van der Waals surface area contributed by atoms with Crippen molar-refractivity contribution < 1.29 is 4.79 Å². The molecule has 0 spiro atoms. The van der Waals surface area contributed by atoms with Crippen LogP contribution in [0.25, 0.3) is 10.2 Å². The van der Waals surface area contributed by atoms with Gasteiger partial charge in [0.05, 0.1) is 16.4 Å². The third-order valence-corrected chi connectivity index (χ3v) is 6.35. The molecule has 2 N–H and O–H groups in total. The van der Waals surface area contributed by atoms with Crippen LogP contribution < -0.4 is 10.9 Å². The van der Waals surface area contributed by atoms with Gasteiger partial charge in [0.1, 0.15) is 16.5 Å². The zero-order valence-electron chi connectivity index (χ0n) is 15.0. The largest absolute Gasteiger partial charge is 0.310 e. The Bertz CT molecular complexity index is 1030. The Morgan fingerprint density at radius 2 is 2.15 bits per heavy atom. The van der Waals surface area contributed by atoms with Gasteiger partial charge in [-0.25, -0.2) is 9.97 Å². The summed E-state index contributed by atoms with van der Waals surface area (Å²) in [6, 6.07) is 3.70. The summed E-state index contributed by atoms with van der Waals surface area (Å²) in [5.41, 5.74) is 1.90. The summed E-state index contributed by atoms with van der Waals surface area (Å²) >= 11 is 2.94. The van der Waals surface area contributed by atoms with Crippen molar-refractivity contribution in [1.82, 2.24) is 15.0 Å². The van der Waals surface area contributed by atoms with Gasteiger partial charge in [0, 0.05) is 11.1 Å². The van der Waals surface area contributed by atoms with Gasteiger partial charge < -0.3 is 10.3 Å². The fraction of sp³-hybridized carbons (Fsp3) is 0.333. The van der Waals surface area contributed by atoms with Gasteiger partial charge in [0.25, 0.3) is 5.56 Å². The van der Waals surface area contributed by atoms with Crippen LogP contribution in [0.1, 0.15) is 28.8 Å². The van der Waals surface area contributed by atoms with E-state index in [1.807, 2.05) is 39.8 Å². The zero-order chi connectivity index (χ0) is 18.8. The number of fused-ring (bicyclic) bond motifs is 1. The number of hydrogen-bond donors (Lipinski definition) is 2. The van der Waals surface area contributed by atoms with Crippen molar-refractivity contribution in [3.8, 4) is 0 Å². The van der Waals surface area contributed by atoms with Crippen molar-refractivity contribution in [2.45, 2.75) is 38.7 Å². The highest BCUT2D eigenvalue weighted by Gasteiger charge is 2.16. The van der Waals surface area contributed by atoms with E-state index in [-0.39, 0.29) is 16.7 Å². The van der Waals surface area contributed by atoms with Gasteiger partial charge in [-0.3, -0.25) is 9.59 Å². The molecule has 136 valence electrons. The van der Waals surface area contributed by atoms with E-state index in [9.17, 15) is 9.59 Å². The number of carbonyl (C=O) groups is 1. The minimum atomic E-state index is -0.301. The predicted octanol–water partition coefficient (Wildman–Crippen LogP) is 3.57. The average Bonchev–Trinajstić information content (AvgIpc) is 2.87. The maximum absolute atomic E-state index is 12.3. The first-order valence-corrected chi connectivity index (χ1v) is 10.1. The number of aryl methyl sites for hydroxylation is 3. The molecule has 0 radical (unpaired) electrons. The number of nitrogens with one attached hydrogen (secondary N) is 2. The number of hydrogen-bond acceptors (Lipinski definition) is 6. The first kappa shape index (κ1) is 18.6. The van der Waals surface area contributed by atoms with Gasteiger partial charge in [-0.05, 0) is 51.0 Å². The zero-order valence-corrected chi connectivity index (χ0v) is 16.7. The van der Waals surface area contributed by atoms with Crippen LogP contribution in [-0.4, -0.2) is 26.1 Å². The monoisotopic (exact) mass is 388 g/mol. The van der Waals surface area contributed by atoms with Crippen LogP contribution in [0, 0.1) is 20.8 Å². The SMILES string of the molecule is Cc1ccnc(NC(=O)C(C)SCc2nc3sc(C)c(C)c3c(=O)[nH]2)c1. The van der Waals surface area contributed by atoms with E-state index in [0.29, 0.717) is 22.8 Å². The molecule has 8 heteroatoms. The lowest BCUT2D eigenvalue weighted by Crippen LogP contribution is -2.23. The highest BCUT2D eigenvalue weighted by molar-refractivity contribution is 7.99. The first-order chi connectivity index (χ1) is 12.3. The quantitative estimate of drug-likeness (QED) is 0.698. The Labute approximate surface area is 159 Å². The maximum atomic E-state index is 12.3. The number of amides is 1. The molecule has 0 bridgehead atoms. The van der Waals surface area contributed by atoms with Gasteiger partial charge in [0.2, 0.25) is 5.91 Å². The van der Waals surface area contributed by atoms with Crippen LogP contribution in [0.3, 0.4) is 0 Å². The average molecular weight is 389 g/mol. The molecule has 0 saturated heterocycles. The molecule has 3 aromatic rings. The van der Waals surface area contributed by atoms with Crippen molar-refractivity contribution in [2.75, 3.05) is 5.32 Å². The summed E-state index contributed by atoms with van der Waals surface area (Å²) in [6.07, 6.45) is 1.66. The van der Waals surface area contributed by atoms with Crippen molar-refractivity contribution in [3.63, 3.8) is 0 Å². The minimum Gasteiger partial charge on any atom is -0.310 e. The highest BCUT2D eigenvalue weighted by Crippen LogP contribution is 2.26. The lowest BCUT2D eigenvalue weighted by Gasteiger charge is -2.11. The normalized spacial score (nSPS) is 12.3. The second kappa shape index (κ2) is 7.59. The molecule has 6 nitrogen and oxygen atoms in total. The Morgan fingerprint density at radius 1 is 1.38 bits per heavy atom. The van der Waals surface area contributed by atoms with Crippen LogP contribution in [0.4, 0.5) is 5.82 Å². The number of thioether (sulfide) groups is 1. The van der Waals surface area contributed by atoms with E-state index in [1.165, 1.54) is 23.1 Å². The molecule has 3 heterocycles. The Hall–Kier alpha value is -2.19. The van der Waals surface area contributed by atoms with E-state index in [2.05, 4.69) is 20.3 Å². The van der Waals surface area contributed by atoms with Crippen LogP contribution in [-0.2, 0) is 10.5 Å². The summed E-state index contributed by atoms with van der Waals surface area (Å²) in [4.78, 5) is 38.0. The van der Waals surface area contributed by atoms with Gasteiger partial charge in [-0.2, -0.15) is 0 Å². The summed E-state index contributed by atoms with van der Waals surface area (Å²) in [5, 5.41) is 3.17. The number of thiophene rings is 1. The number of carbonyl (C=O) groups excluding carboxylic acids is 1. The van der Waals surface area contributed by atoms with E-state index < -0.39 is 0 Å². The third-order valence-electron chi connectivity index (χ3n) is 4.09. The molecular weight excluding hydrogens is 368 g/mol. The molecule has 1 amide bonds. The summed E-state index contributed by atoms with van der Waals surface area (Å²) in [5.74, 6) is 1.46. The number of aromatic amines is 1. The van der Waals surface area contributed by atoms with Gasteiger partial charge in [-0.1, -0.05) is 0 Å². The van der Waals surface area contributed by atoms with E-state index in [1.54, 1.807) is 6.20 Å². The molecule has 0 aliphatic heterocycles. The fourth-order valence-corrected chi connectivity index (χ4v) is 4.28. The number of aromatic nitrogens is 3. The van der Waals surface area contributed by atoms with Crippen LogP contribution in [0.2, 0.25) is 0 Å². The molecule has 0 saturated carbocycles. The Morgan fingerprint density at radius 3 is 2.88 bits per heavy atom. The van der Waals surface area contributed by atoms with Crippen LogP contribution in [0.15, 0.2) is 23.1 Å². The van der Waals surface area contributed by atoms with E-state index in [4.69, 9.17) is 0 Å². The Kier molecular flexibility index (Phi) is 5.43. The first-order valence-electron chi connectivity index (χ1n) is 8.19. The second-order valence-corrected chi connectivity index (χ2v) is 8.67. The second-order valence-electron chi connectivity index (χ2n) is 6.14. The number of nitrogens with zero attached hydrogens (tertiary/aromatic N) is 2. The van der Waals surface area contributed by atoms with E-state index >= 15 is 0 Å². The smallest absolute Gasteiger partial charge is 0.259 e. The van der Waals surface area contributed by atoms with E-state index in [0.717, 1.165) is 20.8 Å². The summed E-state index contributed by atoms with van der Waals surface area (Å²) in [6.45, 7) is 7.69. The fourth-order valence-electron chi connectivity index (χ4n) is 2.48. The maximum Gasteiger partial charge on any atom is 0.259 e. The van der Waals surface area contributed by atoms with Crippen molar-refractivity contribution in [2.24, 2.45) is 0 Å². The minimum absolute atomic E-state index is 0.117. The van der Waals surface area contributed by atoms with Crippen molar-refractivity contribution in [3.05, 3.63) is 50.5 Å². The van der Waals surface area contributed by atoms with Crippen LogP contribution >= 0.6 is 23.1 Å². The molecule has 3 aromatic heterocycles. The lowest BCUT2D eigenvalue weighted by atomic mass is 10.2. The molecule has 1 atom stereocenters. The summed E-state index contributed by atoms with van der Waals surface area (Å²) < 4.78 is 0. The Balaban J connectivity index is 1.67. The molecule has 1 unspecified atom stereocenters. The van der Waals surface area contributed by atoms with Crippen molar-refractivity contribution in [1.29, 1.82) is 0 Å².